The lowest BCUT2D eigenvalue weighted by molar-refractivity contribution is 0.102. The highest BCUT2D eigenvalue weighted by atomic mass is 32.2. The second-order valence-corrected chi connectivity index (χ2v) is 9.28. The smallest absolute Gasteiger partial charge is 0.258 e. The molecule has 0 radical (unpaired) electrons. The van der Waals surface area contributed by atoms with Crippen LogP contribution < -0.4 is 5.32 Å². The number of nitrogens with one attached hydrogen (secondary N) is 1. The summed E-state index contributed by atoms with van der Waals surface area (Å²) < 4.78 is 30.2. The number of hydrogen-bond donors (Lipinski definition) is 1. The Hall–Kier alpha value is -3.04. The lowest BCUT2D eigenvalue weighted by atomic mass is 9.97. The largest absolute Gasteiger partial charge is 0.334 e. The van der Waals surface area contributed by atoms with Gasteiger partial charge < -0.3 is 9.84 Å². The fourth-order valence-corrected chi connectivity index (χ4v) is 4.36. The number of anilines is 1. The molecular formula is C21H22N4O4S. The lowest BCUT2D eigenvalue weighted by Gasteiger charge is -2.28. The predicted molar refractivity (Wildman–Crippen MR) is 113 cm³/mol. The molecule has 0 aliphatic carbocycles. The van der Waals surface area contributed by atoms with Crippen LogP contribution in [0.5, 0.6) is 0 Å². The maximum Gasteiger partial charge on any atom is 0.258 e. The molecule has 156 valence electrons. The number of benzene rings is 2. The molecule has 3 aromatic rings. The average molecular weight is 426 g/mol. The van der Waals surface area contributed by atoms with E-state index in [2.05, 4.69) is 15.5 Å². The SMILES string of the molecule is CS(=O)(=O)N1CCC(c2noc(-c3cccc(NC(=O)c4ccccc4)c3)n2)CC1. The maximum absolute atomic E-state index is 12.4. The maximum atomic E-state index is 12.4. The number of piperidine rings is 1. The van der Waals surface area contributed by atoms with Crippen LogP contribution in [-0.2, 0) is 10.0 Å². The van der Waals surface area contributed by atoms with Crippen molar-refractivity contribution in [1.82, 2.24) is 14.4 Å². The first-order valence-corrected chi connectivity index (χ1v) is 11.5. The van der Waals surface area contributed by atoms with Crippen molar-refractivity contribution in [2.45, 2.75) is 18.8 Å². The van der Waals surface area contributed by atoms with Gasteiger partial charge in [-0.05, 0) is 43.2 Å². The van der Waals surface area contributed by atoms with Crippen molar-refractivity contribution in [1.29, 1.82) is 0 Å². The molecular weight excluding hydrogens is 404 g/mol. The highest BCUT2D eigenvalue weighted by Gasteiger charge is 2.28. The summed E-state index contributed by atoms with van der Waals surface area (Å²) in [6, 6.07) is 16.2. The molecule has 1 aliphatic heterocycles. The summed E-state index contributed by atoms with van der Waals surface area (Å²) in [6.45, 7) is 0.906. The minimum Gasteiger partial charge on any atom is -0.334 e. The van der Waals surface area contributed by atoms with E-state index in [1.54, 1.807) is 24.3 Å². The van der Waals surface area contributed by atoms with Crippen LogP contribution in [0.25, 0.3) is 11.5 Å². The van der Waals surface area contributed by atoms with Crippen molar-refractivity contribution in [3.8, 4) is 11.5 Å². The van der Waals surface area contributed by atoms with Crippen molar-refractivity contribution in [3.05, 3.63) is 66.0 Å². The molecule has 2 aromatic carbocycles. The third-order valence-electron chi connectivity index (χ3n) is 5.13. The Kier molecular flexibility index (Phi) is 5.65. The van der Waals surface area contributed by atoms with Gasteiger partial charge in [0.2, 0.25) is 10.0 Å². The summed E-state index contributed by atoms with van der Waals surface area (Å²) in [5.74, 6) is 0.807. The quantitative estimate of drug-likeness (QED) is 0.672. The van der Waals surface area contributed by atoms with E-state index in [1.807, 2.05) is 30.3 Å². The molecule has 9 heteroatoms. The second-order valence-electron chi connectivity index (χ2n) is 7.29. The monoisotopic (exact) mass is 426 g/mol. The van der Waals surface area contributed by atoms with E-state index in [9.17, 15) is 13.2 Å². The Bertz CT molecular complexity index is 1140. The number of carbonyl (C=O) groups is 1. The molecule has 0 atom stereocenters. The Morgan fingerprint density at radius 1 is 1.10 bits per heavy atom. The van der Waals surface area contributed by atoms with Gasteiger partial charge in [0.1, 0.15) is 0 Å². The average Bonchev–Trinajstić information content (AvgIpc) is 3.24. The second kappa shape index (κ2) is 8.37. The normalized spacial score (nSPS) is 15.8. The van der Waals surface area contributed by atoms with Crippen LogP contribution in [0.1, 0.15) is 34.9 Å². The van der Waals surface area contributed by atoms with E-state index in [-0.39, 0.29) is 11.8 Å². The van der Waals surface area contributed by atoms with E-state index < -0.39 is 10.0 Å². The van der Waals surface area contributed by atoms with Gasteiger partial charge in [0.15, 0.2) is 5.82 Å². The molecule has 0 saturated carbocycles. The van der Waals surface area contributed by atoms with Crippen LogP contribution in [-0.4, -0.2) is 48.1 Å². The van der Waals surface area contributed by atoms with Crippen molar-refractivity contribution in [3.63, 3.8) is 0 Å². The van der Waals surface area contributed by atoms with Gasteiger partial charge in [0.05, 0.1) is 6.26 Å². The number of sulfonamides is 1. The molecule has 1 aromatic heterocycles. The van der Waals surface area contributed by atoms with Crippen LogP contribution in [0, 0.1) is 0 Å². The number of carbonyl (C=O) groups excluding carboxylic acids is 1. The third kappa shape index (κ3) is 4.58. The van der Waals surface area contributed by atoms with E-state index in [1.165, 1.54) is 10.6 Å². The Morgan fingerprint density at radius 3 is 2.53 bits per heavy atom. The minimum atomic E-state index is -3.17. The summed E-state index contributed by atoms with van der Waals surface area (Å²) in [5, 5.41) is 6.97. The molecule has 1 aliphatic rings. The van der Waals surface area contributed by atoms with Gasteiger partial charge in [-0.1, -0.05) is 29.4 Å². The molecule has 1 saturated heterocycles. The fraction of sp³-hybridized carbons (Fsp3) is 0.286. The third-order valence-corrected chi connectivity index (χ3v) is 6.44. The first-order valence-electron chi connectivity index (χ1n) is 9.66. The van der Waals surface area contributed by atoms with Gasteiger partial charge in [-0.25, -0.2) is 12.7 Å². The topological polar surface area (TPSA) is 105 Å². The van der Waals surface area contributed by atoms with Crippen LogP contribution in [0.4, 0.5) is 5.69 Å². The van der Waals surface area contributed by atoms with Crippen LogP contribution >= 0.6 is 0 Å². The Balaban J connectivity index is 1.45. The molecule has 0 unspecified atom stereocenters. The summed E-state index contributed by atoms with van der Waals surface area (Å²) in [6.07, 6.45) is 2.53. The zero-order chi connectivity index (χ0) is 21.1. The highest BCUT2D eigenvalue weighted by molar-refractivity contribution is 7.88. The van der Waals surface area contributed by atoms with Crippen molar-refractivity contribution in [2.75, 3.05) is 24.7 Å². The number of hydrogen-bond acceptors (Lipinski definition) is 6. The number of aromatic nitrogens is 2. The zero-order valence-corrected chi connectivity index (χ0v) is 17.3. The zero-order valence-electron chi connectivity index (χ0n) is 16.5. The van der Waals surface area contributed by atoms with Crippen LogP contribution in [0.2, 0.25) is 0 Å². The van der Waals surface area contributed by atoms with Crippen molar-refractivity contribution in [2.24, 2.45) is 0 Å². The molecule has 1 fully saturated rings. The summed E-state index contributed by atoms with van der Waals surface area (Å²) >= 11 is 0. The lowest BCUT2D eigenvalue weighted by Crippen LogP contribution is -2.37. The van der Waals surface area contributed by atoms with Crippen LogP contribution in [0.3, 0.4) is 0 Å². The van der Waals surface area contributed by atoms with E-state index >= 15 is 0 Å². The van der Waals surface area contributed by atoms with Gasteiger partial charge in [-0.15, -0.1) is 0 Å². The number of amides is 1. The van der Waals surface area contributed by atoms with E-state index in [4.69, 9.17) is 4.52 Å². The van der Waals surface area contributed by atoms with Gasteiger partial charge in [-0.2, -0.15) is 4.98 Å². The minimum absolute atomic E-state index is 0.0569. The molecule has 1 amide bonds. The van der Waals surface area contributed by atoms with Gasteiger partial charge in [-0.3, -0.25) is 4.79 Å². The van der Waals surface area contributed by atoms with E-state index in [0.717, 1.165) is 0 Å². The Labute approximate surface area is 175 Å². The Morgan fingerprint density at radius 2 is 1.83 bits per heavy atom. The number of rotatable bonds is 5. The molecule has 0 bridgehead atoms. The molecule has 2 heterocycles. The van der Waals surface area contributed by atoms with Crippen LogP contribution in [0.15, 0.2) is 59.1 Å². The van der Waals surface area contributed by atoms with Gasteiger partial charge >= 0.3 is 0 Å². The standard InChI is InChI=1S/C21H22N4O4S/c1-30(27,28)25-12-10-15(11-13-25)19-23-21(29-24-19)17-8-5-9-18(14-17)22-20(26)16-6-3-2-4-7-16/h2-9,14-15H,10-13H2,1H3,(H,22,26). The van der Waals surface area contributed by atoms with Crippen molar-refractivity contribution < 1.29 is 17.7 Å². The number of nitrogens with zero attached hydrogens (tertiary/aromatic N) is 3. The summed E-state index contributed by atoms with van der Waals surface area (Å²) in [7, 11) is -3.17. The molecule has 4 rings (SSSR count). The highest BCUT2D eigenvalue weighted by Crippen LogP contribution is 2.29. The molecule has 1 N–H and O–H groups in total. The first kappa shape index (κ1) is 20.2. The molecule has 0 spiro atoms. The first-order chi connectivity index (χ1) is 14.4. The fourth-order valence-electron chi connectivity index (χ4n) is 3.49. The van der Waals surface area contributed by atoms with Crippen molar-refractivity contribution >= 4 is 21.6 Å². The molecule has 8 nitrogen and oxygen atoms in total. The van der Waals surface area contributed by atoms with Gasteiger partial charge in [0.25, 0.3) is 11.8 Å². The molecule has 30 heavy (non-hydrogen) atoms. The van der Waals surface area contributed by atoms with Gasteiger partial charge in [0, 0.05) is 35.8 Å². The summed E-state index contributed by atoms with van der Waals surface area (Å²) in [5.41, 5.74) is 1.90. The predicted octanol–water partition coefficient (Wildman–Crippen LogP) is 3.13. The van der Waals surface area contributed by atoms with E-state index in [0.29, 0.717) is 54.5 Å². The summed E-state index contributed by atoms with van der Waals surface area (Å²) in [4.78, 5) is 16.9.